The van der Waals surface area contributed by atoms with Gasteiger partial charge in [-0.1, -0.05) is 49.3 Å². The van der Waals surface area contributed by atoms with E-state index in [0.29, 0.717) is 13.0 Å². The van der Waals surface area contributed by atoms with E-state index in [-0.39, 0.29) is 17.7 Å². The molecule has 1 aliphatic carbocycles. The molecule has 1 aliphatic heterocycles. The van der Waals surface area contributed by atoms with Gasteiger partial charge in [0.15, 0.2) is 0 Å². The van der Waals surface area contributed by atoms with Crippen molar-refractivity contribution in [3.05, 3.63) is 42.1 Å². The van der Waals surface area contributed by atoms with Gasteiger partial charge in [0.05, 0.1) is 11.4 Å². The van der Waals surface area contributed by atoms with Crippen LogP contribution in [-0.4, -0.2) is 40.8 Å². The molecule has 4 rings (SSSR count). The number of para-hydroxylation sites is 1. The highest BCUT2D eigenvalue weighted by molar-refractivity contribution is 5.89. The van der Waals surface area contributed by atoms with Crippen molar-refractivity contribution >= 4 is 22.7 Å². The number of nitrogens with zero attached hydrogens (tertiary/aromatic N) is 2. The predicted octanol–water partition coefficient (Wildman–Crippen LogP) is 2.88. The molecular formula is C23H25N3O2. The van der Waals surface area contributed by atoms with E-state index >= 15 is 0 Å². The fourth-order valence-corrected chi connectivity index (χ4v) is 4.14. The van der Waals surface area contributed by atoms with Crippen LogP contribution in [0.2, 0.25) is 0 Å². The number of carbonyl (C=O) groups excluding carboxylic acids is 2. The Hall–Kier alpha value is -2.87. The number of hydrogen-bond donors (Lipinski definition) is 1. The fourth-order valence-electron chi connectivity index (χ4n) is 4.14. The minimum atomic E-state index is -0.509. The smallest absolute Gasteiger partial charge is 0.226 e. The van der Waals surface area contributed by atoms with Crippen LogP contribution in [0, 0.1) is 17.8 Å². The molecule has 1 atom stereocenters. The molecule has 2 heterocycles. The van der Waals surface area contributed by atoms with Crippen molar-refractivity contribution in [2.24, 2.45) is 5.92 Å². The maximum atomic E-state index is 12.8. The Balaban J connectivity index is 1.56. The van der Waals surface area contributed by atoms with Crippen LogP contribution in [0.3, 0.4) is 0 Å². The van der Waals surface area contributed by atoms with Gasteiger partial charge in [-0.2, -0.15) is 0 Å². The van der Waals surface area contributed by atoms with Gasteiger partial charge in [-0.25, -0.2) is 0 Å². The van der Waals surface area contributed by atoms with Gasteiger partial charge in [0.25, 0.3) is 0 Å². The molecule has 5 heteroatoms. The normalized spacial score (nSPS) is 21.2. The second-order valence-corrected chi connectivity index (χ2v) is 7.97. The second-order valence-electron chi connectivity index (χ2n) is 7.97. The Kier molecular flexibility index (Phi) is 5.04. The number of amides is 2. The minimum absolute atomic E-state index is 0.0335. The monoisotopic (exact) mass is 375 g/mol. The fraction of sp³-hybridized carbons (Fsp3) is 0.435. The van der Waals surface area contributed by atoms with E-state index < -0.39 is 5.54 Å². The molecule has 0 spiro atoms. The van der Waals surface area contributed by atoms with Gasteiger partial charge in [-0.05, 0) is 25.0 Å². The third kappa shape index (κ3) is 3.87. The van der Waals surface area contributed by atoms with Crippen LogP contribution in [-0.2, 0) is 9.59 Å². The first-order chi connectivity index (χ1) is 13.5. The van der Waals surface area contributed by atoms with Gasteiger partial charge >= 0.3 is 0 Å². The first-order valence-electron chi connectivity index (χ1n) is 9.99. The van der Waals surface area contributed by atoms with E-state index in [1.165, 1.54) is 6.42 Å². The van der Waals surface area contributed by atoms with E-state index in [9.17, 15) is 9.59 Å². The number of nitrogens with one attached hydrogen (secondary N) is 1. The van der Waals surface area contributed by atoms with Gasteiger partial charge < -0.3 is 10.2 Å². The second kappa shape index (κ2) is 7.63. The molecule has 144 valence electrons. The first-order valence-corrected chi connectivity index (χ1v) is 9.99. The molecule has 2 aromatic rings. The van der Waals surface area contributed by atoms with Crippen LogP contribution < -0.4 is 5.32 Å². The zero-order valence-corrected chi connectivity index (χ0v) is 16.2. The molecular weight excluding hydrogens is 350 g/mol. The Morgan fingerprint density at radius 2 is 2.04 bits per heavy atom. The summed E-state index contributed by atoms with van der Waals surface area (Å²) in [6.45, 7) is 0.489. The number of benzene rings is 1. The Bertz CT molecular complexity index is 966. The summed E-state index contributed by atoms with van der Waals surface area (Å²) in [5, 5.41) is 4.27. The highest BCUT2D eigenvalue weighted by Crippen LogP contribution is 2.29. The molecule has 1 saturated carbocycles. The lowest BCUT2D eigenvalue weighted by Crippen LogP contribution is -2.51. The molecule has 5 nitrogen and oxygen atoms in total. The van der Waals surface area contributed by atoms with Crippen LogP contribution in [0.25, 0.3) is 10.9 Å². The summed E-state index contributed by atoms with van der Waals surface area (Å²) < 4.78 is 0. The highest BCUT2D eigenvalue weighted by Gasteiger charge is 2.37. The van der Waals surface area contributed by atoms with E-state index in [1.807, 2.05) is 30.3 Å². The summed E-state index contributed by atoms with van der Waals surface area (Å²) in [5.74, 6) is 6.33. The summed E-state index contributed by atoms with van der Waals surface area (Å²) in [6.07, 6.45) is 7.05. The number of rotatable bonds is 2. The topological polar surface area (TPSA) is 62.3 Å². The molecule has 28 heavy (non-hydrogen) atoms. The molecule has 0 radical (unpaired) electrons. The van der Waals surface area contributed by atoms with Gasteiger partial charge in [0.1, 0.15) is 5.54 Å². The quantitative estimate of drug-likeness (QED) is 0.821. The molecule has 1 aromatic carbocycles. The largest absolute Gasteiger partial charge is 0.345 e. The average molecular weight is 375 g/mol. The van der Waals surface area contributed by atoms with Crippen LogP contribution in [0.5, 0.6) is 0 Å². The van der Waals surface area contributed by atoms with Crippen molar-refractivity contribution in [3.63, 3.8) is 0 Å². The van der Waals surface area contributed by atoms with Crippen LogP contribution in [0.1, 0.15) is 44.1 Å². The van der Waals surface area contributed by atoms with Crippen LogP contribution >= 0.6 is 0 Å². The minimum Gasteiger partial charge on any atom is -0.345 e. The number of aromatic nitrogens is 1. The summed E-state index contributed by atoms with van der Waals surface area (Å²) in [5.41, 5.74) is 1.29. The first kappa shape index (κ1) is 18.5. The van der Waals surface area contributed by atoms with Crippen molar-refractivity contribution in [1.29, 1.82) is 0 Å². The summed E-state index contributed by atoms with van der Waals surface area (Å²) in [4.78, 5) is 30.7. The molecule has 2 fully saturated rings. The SMILES string of the molecule is CN1C[C@H](C(=O)NC2(C#Cc3cnc4ccccc4c3)CCCCC2)CC1=O. The average Bonchev–Trinajstić information content (AvgIpc) is 3.06. The molecule has 2 aliphatic rings. The van der Waals surface area contributed by atoms with Crippen molar-refractivity contribution in [1.82, 2.24) is 15.2 Å². The van der Waals surface area contributed by atoms with Crippen molar-refractivity contribution in [2.75, 3.05) is 13.6 Å². The molecule has 1 saturated heterocycles. The lowest BCUT2D eigenvalue weighted by Gasteiger charge is -2.34. The third-order valence-corrected chi connectivity index (χ3v) is 5.82. The van der Waals surface area contributed by atoms with E-state index in [4.69, 9.17) is 0 Å². The molecule has 0 bridgehead atoms. The number of pyridine rings is 1. The van der Waals surface area contributed by atoms with E-state index in [0.717, 1.165) is 42.1 Å². The lowest BCUT2D eigenvalue weighted by atomic mass is 9.81. The van der Waals surface area contributed by atoms with Crippen molar-refractivity contribution in [2.45, 2.75) is 44.1 Å². The molecule has 1 N–H and O–H groups in total. The lowest BCUT2D eigenvalue weighted by molar-refractivity contribution is -0.129. The van der Waals surface area contributed by atoms with Crippen molar-refractivity contribution in [3.8, 4) is 11.8 Å². The predicted molar refractivity (Wildman–Crippen MR) is 108 cm³/mol. The molecule has 1 aromatic heterocycles. The van der Waals surface area contributed by atoms with Crippen LogP contribution in [0.15, 0.2) is 36.5 Å². The number of fused-ring (bicyclic) bond motifs is 1. The standard InChI is InChI=1S/C23H25N3O2/c1-26-16-19(14-21(26)27)22(28)25-23(10-5-2-6-11-23)12-9-17-13-18-7-3-4-8-20(18)24-15-17/h3-4,7-8,13,15,19H,2,5-6,10-11,14,16H2,1H3,(H,25,28)/t19-/m1/s1. The number of likely N-dealkylation sites (tertiary alicyclic amines) is 1. The van der Waals surface area contributed by atoms with Gasteiger partial charge in [0, 0.05) is 37.2 Å². The number of carbonyl (C=O) groups is 2. The Morgan fingerprint density at radius 1 is 1.25 bits per heavy atom. The molecule has 0 unspecified atom stereocenters. The zero-order valence-electron chi connectivity index (χ0n) is 16.2. The maximum Gasteiger partial charge on any atom is 0.226 e. The zero-order chi connectivity index (χ0) is 19.6. The Labute approximate surface area is 165 Å². The molecule has 2 amide bonds. The van der Waals surface area contributed by atoms with Crippen molar-refractivity contribution < 1.29 is 9.59 Å². The summed E-state index contributed by atoms with van der Waals surface area (Å²) >= 11 is 0. The van der Waals surface area contributed by atoms with Crippen LogP contribution in [0.4, 0.5) is 0 Å². The summed E-state index contributed by atoms with van der Waals surface area (Å²) in [6, 6.07) is 10.0. The van der Waals surface area contributed by atoms with E-state index in [1.54, 1.807) is 18.1 Å². The maximum absolute atomic E-state index is 12.8. The number of hydrogen-bond acceptors (Lipinski definition) is 3. The van der Waals surface area contributed by atoms with E-state index in [2.05, 4.69) is 22.1 Å². The highest BCUT2D eigenvalue weighted by atomic mass is 16.2. The Morgan fingerprint density at radius 3 is 2.79 bits per heavy atom. The van der Waals surface area contributed by atoms with Gasteiger partial charge in [-0.3, -0.25) is 14.6 Å². The summed E-state index contributed by atoms with van der Waals surface area (Å²) in [7, 11) is 1.75. The third-order valence-electron chi connectivity index (χ3n) is 5.82. The van der Waals surface area contributed by atoms with Gasteiger partial charge in [-0.15, -0.1) is 0 Å². The van der Waals surface area contributed by atoms with Gasteiger partial charge in [0.2, 0.25) is 11.8 Å².